The maximum Gasteiger partial charge on any atom is 0.244 e. The number of benzene rings is 1. The number of hydrogen-bond acceptors (Lipinski definition) is 4. The van der Waals surface area contributed by atoms with Crippen LogP contribution in [0.15, 0.2) is 32.0 Å². The Hall–Kier alpha value is 0.01000. The number of halogens is 2. The van der Waals surface area contributed by atoms with Gasteiger partial charge in [0.25, 0.3) is 0 Å². The van der Waals surface area contributed by atoms with Crippen molar-refractivity contribution in [3.8, 4) is 0 Å². The van der Waals surface area contributed by atoms with E-state index in [-0.39, 0.29) is 18.0 Å². The molecule has 1 aromatic carbocycles. The predicted molar refractivity (Wildman–Crippen MR) is 72.6 cm³/mol. The fourth-order valence-corrected chi connectivity index (χ4v) is 4.94. The topological polar surface area (TPSA) is 77.8 Å². The molecule has 0 spiro atoms. The third-order valence-corrected chi connectivity index (χ3v) is 6.04. The summed E-state index contributed by atoms with van der Waals surface area (Å²) < 4.78 is 26.9. The van der Waals surface area contributed by atoms with Crippen molar-refractivity contribution < 1.29 is 18.6 Å². The van der Waals surface area contributed by atoms with Crippen molar-refractivity contribution in [1.82, 2.24) is 4.31 Å². The average Bonchev–Trinajstić information content (AvgIpc) is 2.59. The average molecular weight is 401 g/mol. The Morgan fingerprint density at radius 2 is 1.72 bits per heavy atom. The number of nitrogens with zero attached hydrogens (tertiary/aromatic N) is 1. The minimum Gasteiger partial charge on any atom is -0.389 e. The maximum atomic E-state index is 12.3. The number of sulfonamides is 1. The summed E-state index contributed by atoms with van der Waals surface area (Å²) in [7, 11) is -3.71. The van der Waals surface area contributed by atoms with E-state index in [1.807, 2.05) is 0 Å². The van der Waals surface area contributed by atoms with Gasteiger partial charge in [-0.15, -0.1) is 0 Å². The van der Waals surface area contributed by atoms with Crippen molar-refractivity contribution in [2.24, 2.45) is 0 Å². The van der Waals surface area contributed by atoms with Gasteiger partial charge in [-0.25, -0.2) is 8.42 Å². The summed E-state index contributed by atoms with van der Waals surface area (Å²) >= 11 is 6.45. The Morgan fingerprint density at radius 3 is 2.22 bits per heavy atom. The number of rotatable bonds is 2. The zero-order valence-corrected chi connectivity index (χ0v) is 13.1. The Balaban J connectivity index is 2.37. The first-order valence-corrected chi connectivity index (χ1v) is 8.16. The van der Waals surface area contributed by atoms with E-state index < -0.39 is 22.2 Å². The van der Waals surface area contributed by atoms with Crippen molar-refractivity contribution in [3.05, 3.63) is 27.1 Å². The molecule has 1 heterocycles. The van der Waals surface area contributed by atoms with E-state index in [0.29, 0.717) is 4.47 Å². The second-order valence-corrected chi connectivity index (χ2v) is 7.71. The lowest BCUT2D eigenvalue weighted by molar-refractivity contribution is 0.0572. The molecule has 1 fully saturated rings. The minimum absolute atomic E-state index is 0.0913. The predicted octanol–water partition coefficient (Wildman–Crippen LogP) is 0.938. The Labute approximate surface area is 122 Å². The number of aliphatic hydroxyl groups is 2. The molecule has 1 aliphatic rings. The van der Waals surface area contributed by atoms with Gasteiger partial charge in [-0.05, 0) is 34.1 Å². The molecule has 0 amide bonds. The Kier molecular flexibility index (Phi) is 4.15. The van der Waals surface area contributed by atoms with Gasteiger partial charge in [0, 0.05) is 22.0 Å². The molecule has 1 aliphatic heterocycles. The highest BCUT2D eigenvalue weighted by Gasteiger charge is 2.38. The van der Waals surface area contributed by atoms with Crippen LogP contribution in [0.25, 0.3) is 0 Å². The van der Waals surface area contributed by atoms with Crippen LogP contribution in [-0.4, -0.2) is 48.2 Å². The van der Waals surface area contributed by atoms with Gasteiger partial charge < -0.3 is 10.2 Å². The van der Waals surface area contributed by atoms with Crippen LogP contribution in [0, 0.1) is 0 Å². The second kappa shape index (κ2) is 5.18. The maximum absolute atomic E-state index is 12.3. The van der Waals surface area contributed by atoms with E-state index in [9.17, 15) is 18.6 Å². The summed E-state index contributed by atoms with van der Waals surface area (Å²) in [6.07, 6.45) is -2.07. The quantitative estimate of drug-likeness (QED) is 0.774. The molecular formula is C10H11Br2NO4S. The summed E-state index contributed by atoms with van der Waals surface area (Å²) in [6.45, 7) is -0.183. The highest BCUT2D eigenvalue weighted by atomic mass is 79.9. The highest BCUT2D eigenvalue weighted by Crippen LogP contribution is 2.29. The van der Waals surface area contributed by atoms with Crippen LogP contribution in [0.3, 0.4) is 0 Å². The van der Waals surface area contributed by atoms with Crippen LogP contribution >= 0.6 is 31.9 Å². The zero-order chi connectivity index (χ0) is 13.5. The van der Waals surface area contributed by atoms with Gasteiger partial charge in [-0.1, -0.05) is 15.9 Å². The van der Waals surface area contributed by atoms with Crippen molar-refractivity contribution in [2.75, 3.05) is 13.1 Å². The van der Waals surface area contributed by atoms with Gasteiger partial charge in [0.1, 0.15) is 0 Å². The van der Waals surface area contributed by atoms with Crippen molar-refractivity contribution >= 4 is 41.9 Å². The number of hydrogen-bond donors (Lipinski definition) is 2. The molecule has 100 valence electrons. The van der Waals surface area contributed by atoms with Crippen LogP contribution in [0.5, 0.6) is 0 Å². The van der Waals surface area contributed by atoms with Crippen LogP contribution in [-0.2, 0) is 10.0 Å². The summed E-state index contributed by atoms with van der Waals surface area (Å²) in [5.41, 5.74) is 0. The first-order chi connectivity index (χ1) is 8.32. The third-order valence-electron chi connectivity index (χ3n) is 2.74. The normalized spacial score (nSPS) is 25.6. The van der Waals surface area contributed by atoms with Crippen molar-refractivity contribution in [2.45, 2.75) is 17.1 Å². The van der Waals surface area contributed by atoms with E-state index in [4.69, 9.17) is 0 Å². The lowest BCUT2D eigenvalue weighted by atomic mass is 10.3. The lowest BCUT2D eigenvalue weighted by Gasteiger charge is -2.16. The highest BCUT2D eigenvalue weighted by molar-refractivity contribution is 9.11. The standard InChI is InChI=1S/C10H11Br2NO4S/c11-6-1-2-10(7(12)3-6)18(16,17)13-4-8(14)9(15)5-13/h1-3,8-9,14-15H,4-5H2/t8-,9+. The molecule has 0 aliphatic carbocycles. The molecule has 0 aromatic heterocycles. The monoisotopic (exact) mass is 399 g/mol. The first kappa shape index (κ1) is 14.4. The van der Waals surface area contributed by atoms with Crippen LogP contribution in [0.4, 0.5) is 0 Å². The van der Waals surface area contributed by atoms with E-state index in [1.165, 1.54) is 6.07 Å². The SMILES string of the molecule is O=S(=O)(c1ccc(Br)cc1Br)N1C[C@@H](O)[C@@H](O)C1. The zero-order valence-electron chi connectivity index (χ0n) is 9.12. The minimum atomic E-state index is -3.71. The fraction of sp³-hybridized carbons (Fsp3) is 0.400. The van der Waals surface area contributed by atoms with Crippen molar-refractivity contribution in [1.29, 1.82) is 0 Å². The van der Waals surface area contributed by atoms with Crippen LogP contribution in [0.1, 0.15) is 0 Å². The van der Waals surface area contributed by atoms with Gasteiger partial charge in [-0.3, -0.25) is 0 Å². The molecule has 2 rings (SSSR count). The number of aliphatic hydroxyl groups excluding tert-OH is 2. The summed E-state index contributed by atoms with van der Waals surface area (Å²) in [6, 6.07) is 4.73. The molecule has 8 heteroatoms. The summed E-state index contributed by atoms with van der Waals surface area (Å²) in [5.74, 6) is 0. The van der Waals surface area contributed by atoms with Crippen LogP contribution < -0.4 is 0 Å². The van der Waals surface area contributed by atoms with Gasteiger partial charge in [0.05, 0.1) is 17.1 Å². The molecular weight excluding hydrogens is 390 g/mol. The molecule has 2 N–H and O–H groups in total. The first-order valence-electron chi connectivity index (χ1n) is 5.13. The molecule has 0 radical (unpaired) electrons. The molecule has 1 saturated heterocycles. The van der Waals surface area contributed by atoms with E-state index >= 15 is 0 Å². The molecule has 0 bridgehead atoms. The van der Waals surface area contributed by atoms with Gasteiger partial charge in [-0.2, -0.15) is 4.31 Å². The molecule has 2 atom stereocenters. The van der Waals surface area contributed by atoms with E-state index in [0.717, 1.165) is 8.78 Å². The van der Waals surface area contributed by atoms with E-state index in [2.05, 4.69) is 31.9 Å². The van der Waals surface area contributed by atoms with Gasteiger partial charge >= 0.3 is 0 Å². The van der Waals surface area contributed by atoms with Gasteiger partial charge in [0.2, 0.25) is 10.0 Å². The number of β-amino-alcohol motifs (C(OH)–C–C–N with tert-alkyl or cyclic N) is 2. The smallest absolute Gasteiger partial charge is 0.244 e. The summed E-state index contributed by atoms with van der Waals surface area (Å²) in [5, 5.41) is 18.8. The molecule has 0 saturated carbocycles. The molecule has 0 unspecified atom stereocenters. The van der Waals surface area contributed by atoms with Crippen LogP contribution in [0.2, 0.25) is 0 Å². The molecule has 5 nitrogen and oxygen atoms in total. The Bertz CT molecular complexity index is 553. The second-order valence-electron chi connectivity index (χ2n) is 4.03. The van der Waals surface area contributed by atoms with E-state index in [1.54, 1.807) is 12.1 Å². The fourth-order valence-electron chi connectivity index (χ4n) is 1.75. The largest absolute Gasteiger partial charge is 0.389 e. The van der Waals surface area contributed by atoms with Crippen molar-refractivity contribution in [3.63, 3.8) is 0 Å². The van der Waals surface area contributed by atoms with Gasteiger partial charge in [0.15, 0.2) is 0 Å². The molecule has 18 heavy (non-hydrogen) atoms. The molecule has 1 aromatic rings. The third kappa shape index (κ3) is 2.63. The summed E-state index contributed by atoms with van der Waals surface area (Å²) in [4.78, 5) is 0.118. The lowest BCUT2D eigenvalue weighted by Crippen LogP contribution is -2.30. The Morgan fingerprint density at radius 1 is 1.17 bits per heavy atom.